The van der Waals surface area contributed by atoms with Crippen molar-refractivity contribution in [1.29, 1.82) is 0 Å². The zero-order chi connectivity index (χ0) is 25.9. The lowest BCUT2D eigenvalue weighted by Crippen LogP contribution is -2.27. The van der Waals surface area contributed by atoms with Crippen LogP contribution in [0.4, 0.5) is 14.6 Å². The number of aromatic nitrogens is 3. The van der Waals surface area contributed by atoms with Crippen LogP contribution in [0.5, 0.6) is 5.75 Å². The monoisotopic (exact) mass is 503 g/mol. The Kier molecular flexibility index (Phi) is 7.67. The summed E-state index contributed by atoms with van der Waals surface area (Å²) in [5.41, 5.74) is 5.71. The first-order chi connectivity index (χ1) is 16.4. The van der Waals surface area contributed by atoms with E-state index in [9.17, 15) is 18.7 Å². The number of nitrogens with zero attached hydrogens (tertiary/aromatic N) is 4. The molecule has 184 valence electrons. The van der Waals surface area contributed by atoms with Crippen LogP contribution < -0.4 is 16.0 Å². The number of aliphatic imine (C=N–C) groups is 1. The van der Waals surface area contributed by atoms with Crippen molar-refractivity contribution in [2.75, 3.05) is 0 Å². The van der Waals surface area contributed by atoms with Crippen molar-refractivity contribution in [2.24, 2.45) is 10.7 Å². The number of ether oxygens (including phenoxy) is 1. The van der Waals surface area contributed by atoms with Crippen LogP contribution in [0.1, 0.15) is 30.8 Å². The normalized spacial score (nSPS) is 12.4. The Morgan fingerprint density at radius 1 is 1.31 bits per heavy atom. The van der Waals surface area contributed by atoms with Gasteiger partial charge in [0.25, 0.3) is 5.56 Å². The zero-order valence-corrected chi connectivity index (χ0v) is 20.3. The van der Waals surface area contributed by atoms with Gasteiger partial charge in [0, 0.05) is 41.5 Å². The van der Waals surface area contributed by atoms with Gasteiger partial charge in [-0.3, -0.25) is 14.3 Å². The number of aliphatic hydroxyl groups is 1. The van der Waals surface area contributed by atoms with E-state index in [1.54, 1.807) is 33.8 Å². The zero-order valence-electron chi connectivity index (χ0n) is 19.5. The molecule has 3 aromatic heterocycles. The Labute approximate surface area is 205 Å². The van der Waals surface area contributed by atoms with Gasteiger partial charge in [0.05, 0.1) is 17.5 Å². The molecule has 3 heterocycles. The fraction of sp³-hybridized carbons (Fsp3) is 0.250. The van der Waals surface area contributed by atoms with Gasteiger partial charge in [-0.1, -0.05) is 11.6 Å². The van der Waals surface area contributed by atoms with Gasteiger partial charge in [0.15, 0.2) is 11.6 Å². The summed E-state index contributed by atoms with van der Waals surface area (Å²) in [5, 5.41) is 9.68. The highest BCUT2D eigenvalue weighted by Gasteiger charge is 2.18. The first kappa shape index (κ1) is 26.0. The smallest absolute Gasteiger partial charge is 0.277 e. The second-order valence-corrected chi connectivity index (χ2v) is 8.59. The lowest BCUT2D eigenvalue weighted by atomic mass is 10.1. The summed E-state index contributed by atoms with van der Waals surface area (Å²) < 4.78 is 33.8. The van der Waals surface area contributed by atoms with Gasteiger partial charge in [-0.15, -0.1) is 0 Å². The maximum atomic E-state index is 13.8. The number of aryl methyl sites for hydroxylation is 1. The molecule has 0 fully saturated rings. The molecule has 35 heavy (non-hydrogen) atoms. The summed E-state index contributed by atoms with van der Waals surface area (Å²) >= 11 is 6.28. The van der Waals surface area contributed by atoms with E-state index in [2.05, 4.69) is 15.0 Å². The van der Waals surface area contributed by atoms with Gasteiger partial charge in [0.2, 0.25) is 0 Å². The van der Waals surface area contributed by atoms with E-state index in [0.29, 0.717) is 28.8 Å². The number of hydrogen-bond acceptors (Lipinski definition) is 7. The topological polar surface area (TPSA) is 116 Å². The van der Waals surface area contributed by atoms with Crippen LogP contribution in [0, 0.1) is 25.5 Å². The van der Waals surface area contributed by atoms with Crippen molar-refractivity contribution in [3.8, 4) is 11.4 Å². The third-order valence-electron chi connectivity index (χ3n) is 5.10. The van der Waals surface area contributed by atoms with Crippen molar-refractivity contribution >= 4 is 23.6 Å². The van der Waals surface area contributed by atoms with Crippen molar-refractivity contribution in [3.63, 3.8) is 0 Å². The Morgan fingerprint density at radius 3 is 2.69 bits per heavy atom. The molecule has 3 aromatic rings. The number of nitrogens with two attached hydrogens (primary N) is 1. The molecule has 0 aliphatic rings. The van der Waals surface area contributed by atoms with Crippen LogP contribution in [0.15, 0.2) is 52.2 Å². The third kappa shape index (κ3) is 5.90. The number of halogens is 3. The molecule has 0 unspecified atom stereocenters. The molecule has 0 amide bonds. The largest absolute Gasteiger partial charge is 0.485 e. The predicted octanol–water partition coefficient (Wildman–Crippen LogP) is 4.07. The summed E-state index contributed by atoms with van der Waals surface area (Å²) in [6, 6.07) is 3.86. The van der Waals surface area contributed by atoms with Gasteiger partial charge in [0.1, 0.15) is 28.9 Å². The quantitative estimate of drug-likeness (QED) is 0.469. The molecule has 0 saturated heterocycles. The summed E-state index contributed by atoms with van der Waals surface area (Å²) in [7, 11) is 0. The molecule has 0 bridgehead atoms. The highest BCUT2D eigenvalue weighted by Crippen LogP contribution is 2.27. The molecule has 3 rings (SSSR count). The van der Waals surface area contributed by atoms with Crippen molar-refractivity contribution in [3.05, 3.63) is 86.3 Å². The SMILES string of the molecule is Cc1c(-n2c(C)cc(OCc3ncc(F)cc3F)c(Cl)c2=O)ccnc1N=CC=C(N)C(C)(C)O. The Hall–Kier alpha value is -3.63. The minimum Gasteiger partial charge on any atom is -0.485 e. The fourth-order valence-corrected chi connectivity index (χ4v) is 3.25. The van der Waals surface area contributed by atoms with Crippen LogP contribution in [0.2, 0.25) is 5.02 Å². The van der Waals surface area contributed by atoms with Crippen molar-refractivity contribution in [2.45, 2.75) is 39.9 Å². The fourth-order valence-electron chi connectivity index (χ4n) is 3.06. The Morgan fingerprint density at radius 2 is 2.03 bits per heavy atom. The summed E-state index contributed by atoms with van der Waals surface area (Å²) in [5.74, 6) is -1.31. The molecule has 0 aliphatic carbocycles. The van der Waals surface area contributed by atoms with Crippen LogP contribution in [-0.2, 0) is 6.61 Å². The standard InChI is InChI=1S/C24H24ClF2N5O3/c1-13-9-19(35-12-17-16(27)10-15(26)11-31-17)21(25)23(33)32(13)18-5-7-29-22(14(18)2)30-8-6-20(28)24(3,4)34/h5-11,34H,12,28H2,1-4H3. The molecule has 0 atom stereocenters. The van der Waals surface area contributed by atoms with E-state index < -0.39 is 22.8 Å². The summed E-state index contributed by atoms with van der Waals surface area (Å²) in [4.78, 5) is 25.3. The van der Waals surface area contributed by atoms with E-state index in [4.69, 9.17) is 22.1 Å². The molecular formula is C24H24ClF2N5O3. The van der Waals surface area contributed by atoms with Crippen LogP contribution in [0.3, 0.4) is 0 Å². The summed E-state index contributed by atoms with van der Waals surface area (Å²) in [6.45, 7) is 6.18. The van der Waals surface area contributed by atoms with Gasteiger partial charge in [-0.05, 0) is 39.8 Å². The van der Waals surface area contributed by atoms with Gasteiger partial charge in [-0.25, -0.2) is 18.8 Å². The number of hydrogen-bond donors (Lipinski definition) is 2. The molecule has 8 nitrogen and oxygen atoms in total. The number of allylic oxidation sites excluding steroid dienone is 1. The van der Waals surface area contributed by atoms with Crippen molar-refractivity contribution < 1.29 is 18.6 Å². The lowest BCUT2D eigenvalue weighted by Gasteiger charge is -2.17. The van der Waals surface area contributed by atoms with Crippen LogP contribution in [0.25, 0.3) is 5.69 Å². The maximum absolute atomic E-state index is 13.8. The van der Waals surface area contributed by atoms with Crippen LogP contribution >= 0.6 is 11.6 Å². The minimum atomic E-state index is -1.19. The van der Waals surface area contributed by atoms with Crippen LogP contribution in [-0.4, -0.2) is 31.5 Å². The lowest BCUT2D eigenvalue weighted by molar-refractivity contribution is 0.118. The number of pyridine rings is 3. The Bertz CT molecular complexity index is 1380. The van der Waals surface area contributed by atoms with E-state index in [0.717, 1.165) is 6.20 Å². The van der Waals surface area contributed by atoms with E-state index in [1.807, 2.05) is 0 Å². The van der Waals surface area contributed by atoms with E-state index in [-0.39, 0.29) is 28.8 Å². The van der Waals surface area contributed by atoms with Gasteiger partial charge < -0.3 is 15.6 Å². The van der Waals surface area contributed by atoms with Crippen molar-refractivity contribution in [1.82, 2.24) is 14.5 Å². The first-order valence-electron chi connectivity index (χ1n) is 10.4. The predicted molar refractivity (Wildman–Crippen MR) is 130 cm³/mol. The van der Waals surface area contributed by atoms with E-state index in [1.165, 1.54) is 29.1 Å². The highest BCUT2D eigenvalue weighted by molar-refractivity contribution is 6.31. The van der Waals surface area contributed by atoms with Gasteiger partial charge >= 0.3 is 0 Å². The van der Waals surface area contributed by atoms with Gasteiger partial charge in [-0.2, -0.15) is 0 Å². The Balaban J connectivity index is 1.94. The third-order valence-corrected chi connectivity index (χ3v) is 5.44. The number of rotatable bonds is 7. The molecule has 0 radical (unpaired) electrons. The summed E-state index contributed by atoms with van der Waals surface area (Å²) in [6.07, 6.45) is 5.24. The molecule has 3 N–H and O–H groups in total. The highest BCUT2D eigenvalue weighted by atomic mass is 35.5. The molecule has 0 saturated carbocycles. The second kappa shape index (κ2) is 10.3. The maximum Gasteiger partial charge on any atom is 0.277 e. The average Bonchev–Trinajstić information content (AvgIpc) is 2.77. The molecule has 0 aromatic carbocycles. The first-order valence-corrected chi connectivity index (χ1v) is 10.8. The molecule has 0 aliphatic heterocycles. The average molecular weight is 504 g/mol. The second-order valence-electron chi connectivity index (χ2n) is 8.21. The molecule has 0 spiro atoms. The molecule has 11 heteroatoms. The van der Waals surface area contributed by atoms with E-state index >= 15 is 0 Å². The minimum absolute atomic E-state index is 0.0353. The molecular weight excluding hydrogens is 480 g/mol.